The van der Waals surface area contributed by atoms with Crippen LogP contribution in [-0.4, -0.2) is 42.2 Å². The second-order valence-electron chi connectivity index (χ2n) is 10.5. The van der Waals surface area contributed by atoms with Crippen molar-refractivity contribution >= 4 is 33.4 Å². The molecular weight excluding hydrogens is 655 g/mol. The molecule has 0 spiro atoms. The minimum atomic E-state index is -1.57. The Hall–Kier alpha value is -4.74. The fourth-order valence-electron chi connectivity index (χ4n) is 5.19. The average Bonchev–Trinajstić information content (AvgIpc) is 3.46. The Labute approximate surface area is 274 Å². The lowest BCUT2D eigenvalue weighted by Gasteiger charge is -2.31. The molecule has 0 radical (unpaired) electrons. The van der Waals surface area contributed by atoms with Crippen LogP contribution in [0.3, 0.4) is 0 Å². The Morgan fingerprint density at radius 2 is 1.76 bits per heavy atom. The predicted molar refractivity (Wildman–Crippen MR) is 176 cm³/mol. The van der Waals surface area contributed by atoms with E-state index in [0.29, 0.717) is 47.6 Å². The van der Waals surface area contributed by atoms with Crippen molar-refractivity contribution in [2.24, 2.45) is 10.1 Å². The highest BCUT2D eigenvalue weighted by molar-refractivity contribution is 9.10. The van der Waals surface area contributed by atoms with Crippen LogP contribution in [0.2, 0.25) is 0 Å². The molecule has 2 atom stereocenters. The summed E-state index contributed by atoms with van der Waals surface area (Å²) >= 11 is 3.61. The molecule has 0 aliphatic carbocycles. The first-order valence-electron chi connectivity index (χ1n) is 14.7. The lowest BCUT2D eigenvalue weighted by atomic mass is 9.81. The lowest BCUT2D eigenvalue weighted by molar-refractivity contribution is -0.130. The number of rotatable bonds is 14. The van der Waals surface area contributed by atoms with E-state index in [-0.39, 0.29) is 31.3 Å². The number of ether oxygens (including phenoxy) is 2. The molecule has 0 saturated carbocycles. The normalized spacial score (nSPS) is 17.0. The molecule has 10 nitrogen and oxygen atoms in total. The van der Waals surface area contributed by atoms with Gasteiger partial charge in [0.1, 0.15) is 11.6 Å². The maximum atomic E-state index is 14.4. The summed E-state index contributed by atoms with van der Waals surface area (Å²) in [6.45, 7) is 0.652. The molecule has 46 heavy (non-hydrogen) atoms. The summed E-state index contributed by atoms with van der Waals surface area (Å²) in [4.78, 5) is 22.4. The van der Waals surface area contributed by atoms with Gasteiger partial charge in [0, 0.05) is 52.2 Å². The summed E-state index contributed by atoms with van der Waals surface area (Å²) in [5.41, 5.74) is 16.2. The van der Waals surface area contributed by atoms with Crippen LogP contribution in [0.15, 0.2) is 112 Å². The number of carbonyl (C=O) groups excluding carboxylic acids is 1. The third kappa shape index (κ3) is 7.55. The zero-order chi connectivity index (χ0) is 32.4. The number of aliphatic hydroxyl groups is 1. The van der Waals surface area contributed by atoms with Gasteiger partial charge in [0.05, 0.1) is 6.61 Å². The van der Waals surface area contributed by atoms with Crippen molar-refractivity contribution in [3.05, 3.63) is 140 Å². The number of aliphatic imine (C=N–C) groups is 1. The molecule has 0 fully saturated rings. The average molecular weight is 688 g/mol. The molecule has 4 aromatic rings. The quantitative estimate of drug-likeness (QED) is 0.0448. The van der Waals surface area contributed by atoms with Gasteiger partial charge in [-0.25, -0.2) is 14.8 Å². The van der Waals surface area contributed by atoms with Crippen LogP contribution in [0.1, 0.15) is 34.8 Å². The smallest absolute Gasteiger partial charge is 0.266 e. The van der Waals surface area contributed by atoms with Crippen LogP contribution < -0.4 is 15.6 Å². The van der Waals surface area contributed by atoms with Crippen molar-refractivity contribution in [3.63, 3.8) is 0 Å². The van der Waals surface area contributed by atoms with Gasteiger partial charge >= 0.3 is 0 Å². The Morgan fingerprint density at radius 1 is 1.04 bits per heavy atom. The number of nitrogens with one attached hydrogen (secondary N) is 2. The molecule has 1 aliphatic rings. The number of hydrogen-bond acceptors (Lipinski definition) is 7. The minimum absolute atomic E-state index is 0.0289. The van der Waals surface area contributed by atoms with E-state index in [0.717, 1.165) is 10.0 Å². The molecule has 1 heterocycles. The number of nitrogens with zero attached hydrogens (tertiary/aromatic N) is 4. The monoisotopic (exact) mass is 686 g/mol. The largest absolute Gasteiger partial charge is 0.494 e. The molecule has 1 amide bonds. The van der Waals surface area contributed by atoms with Crippen molar-refractivity contribution in [1.82, 2.24) is 10.9 Å². The molecule has 0 unspecified atom stereocenters. The van der Waals surface area contributed by atoms with Crippen molar-refractivity contribution in [2.45, 2.75) is 30.9 Å². The number of hydrazine groups is 1. The van der Waals surface area contributed by atoms with Crippen molar-refractivity contribution in [3.8, 4) is 5.75 Å². The highest BCUT2D eigenvalue weighted by Crippen LogP contribution is 2.46. The molecule has 236 valence electrons. The van der Waals surface area contributed by atoms with Gasteiger partial charge in [-0.15, -0.1) is 0 Å². The first kappa shape index (κ1) is 32.6. The number of benzene rings is 4. The van der Waals surface area contributed by atoms with E-state index < -0.39 is 17.6 Å². The van der Waals surface area contributed by atoms with Crippen LogP contribution in [-0.2, 0) is 22.4 Å². The molecule has 0 aromatic heterocycles. The maximum absolute atomic E-state index is 14.4. The van der Waals surface area contributed by atoms with Gasteiger partial charge in [-0.1, -0.05) is 81.7 Å². The van der Waals surface area contributed by atoms with E-state index in [1.54, 1.807) is 66.7 Å². The number of aliphatic hydroxyl groups excluding tert-OH is 1. The minimum Gasteiger partial charge on any atom is -0.494 e. The Balaban J connectivity index is 1.54. The summed E-state index contributed by atoms with van der Waals surface area (Å²) in [6, 6.07) is 28.0. The van der Waals surface area contributed by atoms with E-state index >= 15 is 0 Å². The first-order valence-corrected chi connectivity index (χ1v) is 15.5. The fraction of sp³-hybridized carbons (Fsp3) is 0.235. The lowest BCUT2D eigenvalue weighted by Crippen LogP contribution is -2.54. The summed E-state index contributed by atoms with van der Waals surface area (Å²) in [7, 11) is 0. The Bertz CT molecular complexity index is 1750. The summed E-state index contributed by atoms with van der Waals surface area (Å²) in [5.74, 6) is 0.0176. The van der Waals surface area contributed by atoms with Crippen LogP contribution in [0.25, 0.3) is 10.4 Å². The van der Waals surface area contributed by atoms with E-state index in [4.69, 9.17) is 19.6 Å². The SMILES string of the molecule is [N-]=[N+]=Nc1ccccc1[C@@H]1OC(c2ccc(OCCCO)cc2)=N[C@]1(Cc1ccccc1Br)C(=O)NNCCc1ccccc1F. The zero-order valence-corrected chi connectivity index (χ0v) is 26.4. The predicted octanol–water partition coefficient (Wildman–Crippen LogP) is 6.65. The van der Waals surface area contributed by atoms with Gasteiger partial charge in [0.2, 0.25) is 5.90 Å². The fourth-order valence-corrected chi connectivity index (χ4v) is 5.61. The standard InChI is InChI=1S/C34H32BrFN6O4/c35-28-11-4-1-9-25(28)22-34(33(44)41-38-19-18-23-8-2-5-12-29(23)36)31(27-10-3-6-13-30(27)40-42-37)46-32(39-34)24-14-16-26(17-15-24)45-21-7-20-43/h1-6,8-17,31,38,43H,7,18-22H2,(H,41,44)/t31-,34-/m0/s1. The summed E-state index contributed by atoms with van der Waals surface area (Å²) < 4.78 is 27.2. The highest BCUT2D eigenvalue weighted by Gasteiger charge is 2.54. The third-order valence-corrected chi connectivity index (χ3v) is 8.27. The first-order chi connectivity index (χ1) is 22.4. The Morgan fingerprint density at radius 3 is 2.50 bits per heavy atom. The van der Waals surface area contributed by atoms with Gasteiger partial charge in [-0.2, -0.15) is 0 Å². The van der Waals surface area contributed by atoms with E-state index in [1.807, 2.05) is 24.3 Å². The summed E-state index contributed by atoms with van der Waals surface area (Å²) in [5, 5.41) is 12.9. The number of carbonyl (C=O) groups is 1. The molecule has 1 aliphatic heterocycles. The van der Waals surface area contributed by atoms with Crippen LogP contribution in [0.5, 0.6) is 5.75 Å². The van der Waals surface area contributed by atoms with Crippen molar-refractivity contribution in [1.29, 1.82) is 0 Å². The van der Waals surface area contributed by atoms with E-state index in [9.17, 15) is 14.7 Å². The van der Waals surface area contributed by atoms with Gasteiger partial charge in [-0.05, 0) is 59.5 Å². The number of amides is 1. The number of azide groups is 1. The Kier molecular flexibility index (Phi) is 11.0. The van der Waals surface area contributed by atoms with Gasteiger partial charge in [0.25, 0.3) is 5.91 Å². The van der Waals surface area contributed by atoms with Crippen LogP contribution in [0.4, 0.5) is 10.1 Å². The van der Waals surface area contributed by atoms with E-state index in [1.165, 1.54) is 6.07 Å². The third-order valence-electron chi connectivity index (χ3n) is 7.50. The second kappa shape index (κ2) is 15.5. The van der Waals surface area contributed by atoms with Gasteiger partial charge in [-0.3, -0.25) is 10.2 Å². The van der Waals surface area contributed by atoms with Gasteiger partial charge < -0.3 is 14.6 Å². The number of hydrogen-bond donors (Lipinski definition) is 3. The molecule has 5 rings (SSSR count). The number of halogens is 2. The second-order valence-corrected chi connectivity index (χ2v) is 11.4. The van der Waals surface area contributed by atoms with Crippen LogP contribution in [0, 0.1) is 5.82 Å². The zero-order valence-electron chi connectivity index (χ0n) is 24.8. The van der Waals surface area contributed by atoms with E-state index in [2.05, 4.69) is 36.8 Å². The van der Waals surface area contributed by atoms with Gasteiger partial charge in [0.15, 0.2) is 11.6 Å². The molecule has 3 N–H and O–H groups in total. The topological polar surface area (TPSA) is 141 Å². The van der Waals surface area contributed by atoms with Crippen LogP contribution >= 0.6 is 15.9 Å². The molecule has 0 bridgehead atoms. The van der Waals surface area contributed by atoms with Crippen molar-refractivity contribution < 1.29 is 23.8 Å². The summed E-state index contributed by atoms with van der Waals surface area (Å²) in [6.07, 6.45) is -0.0307. The maximum Gasteiger partial charge on any atom is 0.266 e. The van der Waals surface area contributed by atoms with Crippen molar-refractivity contribution in [2.75, 3.05) is 19.8 Å². The molecule has 4 aromatic carbocycles. The molecule has 12 heteroatoms. The molecule has 0 saturated heterocycles. The highest BCUT2D eigenvalue weighted by atomic mass is 79.9. The molecular formula is C34H32BrFN6O4.